The zero-order valence-electron chi connectivity index (χ0n) is 10.9. The molecule has 8 heteroatoms. The first kappa shape index (κ1) is 14.0. The zero-order chi connectivity index (χ0) is 14.7. The lowest BCUT2D eigenvalue weighted by Crippen LogP contribution is -2.42. The van der Waals surface area contributed by atoms with E-state index in [1.165, 1.54) is 20.3 Å². The predicted octanol–water partition coefficient (Wildman–Crippen LogP) is 1.33. The van der Waals surface area contributed by atoms with E-state index < -0.39 is 5.91 Å². The van der Waals surface area contributed by atoms with E-state index in [0.717, 1.165) is 5.12 Å². The van der Waals surface area contributed by atoms with E-state index >= 15 is 0 Å². The number of nitrogens with one attached hydrogen (secondary N) is 1. The highest BCUT2D eigenvalue weighted by atomic mass is 35.5. The summed E-state index contributed by atoms with van der Waals surface area (Å²) in [6.07, 6.45) is 1.51. The van der Waals surface area contributed by atoms with Crippen LogP contribution < -0.4 is 11.2 Å². The fourth-order valence-electron chi connectivity index (χ4n) is 1.54. The van der Waals surface area contributed by atoms with Crippen molar-refractivity contribution in [3.05, 3.63) is 40.7 Å². The van der Waals surface area contributed by atoms with Crippen molar-refractivity contribution in [2.24, 2.45) is 5.10 Å². The molecular weight excluding hydrogens is 284 g/mol. The van der Waals surface area contributed by atoms with Crippen LogP contribution in [0, 0.1) is 0 Å². The minimum Gasteiger partial charge on any atom is -0.481 e. The molecule has 0 saturated heterocycles. The number of hydrogen-bond donors (Lipinski definition) is 2. The zero-order valence-corrected chi connectivity index (χ0v) is 11.6. The SMILES string of the molecule is COC1=CC(OC)=NN(C(=O)c2cccc(Cl)c2N)N1. The Morgan fingerprint density at radius 3 is 2.80 bits per heavy atom. The number of methoxy groups -OCH3 is 2. The highest BCUT2D eigenvalue weighted by molar-refractivity contribution is 6.33. The average molecular weight is 297 g/mol. The van der Waals surface area contributed by atoms with Gasteiger partial charge in [0, 0.05) is 0 Å². The maximum absolute atomic E-state index is 12.4. The first-order valence-electron chi connectivity index (χ1n) is 5.60. The monoisotopic (exact) mass is 296 g/mol. The number of hydrazine groups is 1. The Morgan fingerprint density at radius 2 is 2.15 bits per heavy atom. The van der Waals surface area contributed by atoms with Gasteiger partial charge >= 0.3 is 0 Å². The Bertz CT molecular complexity index is 600. The van der Waals surface area contributed by atoms with Crippen LogP contribution in [0.3, 0.4) is 0 Å². The summed E-state index contributed by atoms with van der Waals surface area (Å²) in [5.74, 6) is 0.0440. The van der Waals surface area contributed by atoms with Crippen LogP contribution in [0.2, 0.25) is 5.02 Å². The Kier molecular flexibility index (Phi) is 3.99. The lowest BCUT2D eigenvalue weighted by Gasteiger charge is -2.24. The van der Waals surface area contributed by atoms with Crippen LogP contribution in [0.25, 0.3) is 0 Å². The van der Waals surface area contributed by atoms with Crippen molar-refractivity contribution in [2.45, 2.75) is 0 Å². The summed E-state index contributed by atoms with van der Waals surface area (Å²) in [5.41, 5.74) is 8.87. The van der Waals surface area contributed by atoms with E-state index in [-0.39, 0.29) is 17.1 Å². The van der Waals surface area contributed by atoms with E-state index in [9.17, 15) is 4.79 Å². The molecule has 1 heterocycles. The van der Waals surface area contributed by atoms with Crippen molar-refractivity contribution in [3.63, 3.8) is 0 Å². The molecule has 0 aliphatic carbocycles. The third-order valence-electron chi connectivity index (χ3n) is 2.57. The highest BCUT2D eigenvalue weighted by Crippen LogP contribution is 2.24. The molecule has 1 aromatic carbocycles. The van der Waals surface area contributed by atoms with Crippen molar-refractivity contribution in [3.8, 4) is 0 Å². The molecule has 106 valence electrons. The Labute approximate surface area is 120 Å². The van der Waals surface area contributed by atoms with Gasteiger partial charge in [0.25, 0.3) is 5.91 Å². The first-order chi connectivity index (χ1) is 9.56. The third kappa shape index (κ3) is 2.62. The number of carbonyl (C=O) groups excluding carboxylic acids is 1. The quantitative estimate of drug-likeness (QED) is 0.804. The molecule has 1 aromatic rings. The van der Waals surface area contributed by atoms with E-state index in [4.69, 9.17) is 26.8 Å². The van der Waals surface area contributed by atoms with Crippen LogP contribution in [0.1, 0.15) is 10.4 Å². The number of hydrogen-bond acceptors (Lipinski definition) is 6. The number of hydrazone groups is 1. The number of nitrogens with zero attached hydrogens (tertiary/aromatic N) is 2. The standard InChI is InChI=1S/C12H13ClN4O3/c1-19-9-6-10(20-2)16-17(15-9)12(18)7-4-3-5-8(13)11(7)14/h3-6,15H,14H2,1-2H3. The molecule has 2 rings (SSSR count). The van der Waals surface area contributed by atoms with Gasteiger partial charge in [-0.2, -0.15) is 0 Å². The molecule has 1 aliphatic heterocycles. The molecule has 1 amide bonds. The number of anilines is 1. The summed E-state index contributed by atoms with van der Waals surface area (Å²) in [6.45, 7) is 0. The Hall–Kier alpha value is -2.41. The lowest BCUT2D eigenvalue weighted by atomic mass is 10.1. The van der Waals surface area contributed by atoms with Crippen LogP contribution >= 0.6 is 11.6 Å². The summed E-state index contributed by atoms with van der Waals surface area (Å²) >= 11 is 5.90. The number of amides is 1. The summed E-state index contributed by atoms with van der Waals surface area (Å²) < 4.78 is 10.0. The molecular formula is C12H13ClN4O3. The molecule has 0 unspecified atom stereocenters. The van der Waals surface area contributed by atoms with E-state index in [1.807, 2.05) is 0 Å². The molecule has 1 aliphatic rings. The largest absolute Gasteiger partial charge is 0.481 e. The summed E-state index contributed by atoms with van der Waals surface area (Å²) in [5, 5.41) is 5.23. The Morgan fingerprint density at radius 1 is 1.40 bits per heavy atom. The van der Waals surface area contributed by atoms with Gasteiger partial charge in [-0.15, -0.1) is 10.2 Å². The minimum absolute atomic E-state index is 0.184. The van der Waals surface area contributed by atoms with E-state index in [2.05, 4.69) is 10.5 Å². The van der Waals surface area contributed by atoms with E-state index in [0.29, 0.717) is 10.9 Å². The molecule has 0 saturated carbocycles. The van der Waals surface area contributed by atoms with E-state index in [1.54, 1.807) is 18.2 Å². The Balaban J connectivity index is 2.32. The normalized spacial score (nSPS) is 14.1. The fourth-order valence-corrected chi connectivity index (χ4v) is 1.71. The summed E-state index contributed by atoms with van der Waals surface area (Å²) in [6, 6.07) is 4.78. The topological polar surface area (TPSA) is 89.2 Å². The maximum atomic E-state index is 12.4. The third-order valence-corrected chi connectivity index (χ3v) is 2.90. The van der Waals surface area contributed by atoms with Crippen molar-refractivity contribution in [2.75, 3.05) is 20.0 Å². The number of ether oxygens (including phenoxy) is 2. The lowest BCUT2D eigenvalue weighted by molar-refractivity contribution is 0.0608. The van der Waals surface area contributed by atoms with Gasteiger partial charge in [0.15, 0.2) is 0 Å². The van der Waals surface area contributed by atoms with Crippen molar-refractivity contribution >= 4 is 29.1 Å². The molecule has 0 bridgehead atoms. The number of nitrogens with two attached hydrogens (primary N) is 1. The second kappa shape index (κ2) is 5.70. The predicted molar refractivity (Wildman–Crippen MR) is 74.7 cm³/mol. The maximum Gasteiger partial charge on any atom is 0.295 e. The van der Waals surface area contributed by atoms with Crippen LogP contribution in [0.5, 0.6) is 0 Å². The van der Waals surface area contributed by atoms with Gasteiger partial charge in [-0.3, -0.25) is 4.79 Å². The number of carbonyl (C=O) groups is 1. The average Bonchev–Trinajstić information content (AvgIpc) is 2.48. The van der Waals surface area contributed by atoms with Gasteiger partial charge in [-0.05, 0) is 12.1 Å². The number of para-hydroxylation sites is 1. The van der Waals surface area contributed by atoms with Crippen LogP contribution in [0.4, 0.5) is 5.69 Å². The molecule has 7 nitrogen and oxygen atoms in total. The van der Waals surface area contributed by atoms with Crippen molar-refractivity contribution in [1.82, 2.24) is 10.5 Å². The van der Waals surface area contributed by atoms with Gasteiger partial charge < -0.3 is 15.2 Å². The molecule has 0 fully saturated rings. The number of halogens is 1. The second-order valence-electron chi connectivity index (χ2n) is 3.78. The van der Waals surface area contributed by atoms with Crippen molar-refractivity contribution < 1.29 is 14.3 Å². The van der Waals surface area contributed by atoms with Crippen LogP contribution in [-0.2, 0) is 9.47 Å². The number of benzene rings is 1. The smallest absolute Gasteiger partial charge is 0.295 e. The number of rotatable bonds is 2. The molecule has 0 radical (unpaired) electrons. The molecule has 0 aromatic heterocycles. The molecule has 0 atom stereocenters. The molecule has 20 heavy (non-hydrogen) atoms. The van der Waals surface area contributed by atoms with Gasteiger partial charge in [0.2, 0.25) is 11.8 Å². The molecule has 3 N–H and O–H groups in total. The van der Waals surface area contributed by atoms with Crippen LogP contribution in [0.15, 0.2) is 35.3 Å². The van der Waals surface area contributed by atoms with Gasteiger partial charge in [-0.1, -0.05) is 17.7 Å². The minimum atomic E-state index is -0.484. The fraction of sp³-hybridized carbons (Fsp3) is 0.167. The summed E-state index contributed by atoms with van der Waals surface area (Å²) in [7, 11) is 2.89. The van der Waals surface area contributed by atoms with Crippen molar-refractivity contribution in [1.29, 1.82) is 0 Å². The first-order valence-corrected chi connectivity index (χ1v) is 5.98. The van der Waals surface area contributed by atoms with Gasteiger partial charge in [-0.25, -0.2) is 5.43 Å². The highest BCUT2D eigenvalue weighted by Gasteiger charge is 2.23. The van der Waals surface area contributed by atoms with Gasteiger partial charge in [0.1, 0.15) is 0 Å². The second-order valence-corrected chi connectivity index (χ2v) is 4.19. The van der Waals surface area contributed by atoms with Gasteiger partial charge in [0.05, 0.1) is 36.6 Å². The molecule has 0 spiro atoms. The number of nitrogen functional groups attached to an aromatic ring is 1. The summed E-state index contributed by atoms with van der Waals surface area (Å²) in [4.78, 5) is 12.4. The van der Waals surface area contributed by atoms with Crippen LogP contribution in [-0.4, -0.2) is 31.1 Å².